The van der Waals surface area contributed by atoms with E-state index < -0.39 is 23.3 Å². The number of halogens is 2. The molecule has 0 aromatic heterocycles. The minimum absolute atomic E-state index is 0.0213. The van der Waals surface area contributed by atoms with Gasteiger partial charge in [0.2, 0.25) is 5.91 Å². The third-order valence-corrected chi connectivity index (χ3v) is 5.27. The van der Waals surface area contributed by atoms with Gasteiger partial charge in [-0.25, -0.2) is 8.78 Å². The zero-order valence-corrected chi connectivity index (χ0v) is 15.8. The number of carbonyl (C=O) groups is 2. The number of nitrogens with one attached hydrogen (secondary N) is 1. The van der Waals surface area contributed by atoms with E-state index in [1.54, 1.807) is 11.9 Å². The van der Waals surface area contributed by atoms with Gasteiger partial charge in [-0.2, -0.15) is 0 Å². The van der Waals surface area contributed by atoms with Gasteiger partial charge < -0.3 is 19.7 Å². The number of amides is 2. The Hall–Kier alpha value is -2.84. The molecular weight excluding hydrogens is 382 g/mol. The largest absolute Gasteiger partial charge is 0.352 e. The molecule has 1 fully saturated rings. The van der Waals surface area contributed by atoms with Crippen LogP contribution in [-0.2, 0) is 26.5 Å². The molecule has 2 aromatic rings. The van der Waals surface area contributed by atoms with E-state index in [-0.39, 0.29) is 18.0 Å². The Morgan fingerprint density at radius 2 is 1.93 bits per heavy atom. The lowest BCUT2D eigenvalue weighted by molar-refractivity contribution is -0.169. The van der Waals surface area contributed by atoms with Crippen molar-refractivity contribution in [3.8, 4) is 0 Å². The maximum Gasteiger partial charge on any atom is 0.254 e. The van der Waals surface area contributed by atoms with Crippen molar-refractivity contribution in [2.45, 2.75) is 18.6 Å². The van der Waals surface area contributed by atoms with Crippen LogP contribution in [0.4, 0.5) is 14.5 Å². The molecule has 1 N–H and O–H groups in total. The summed E-state index contributed by atoms with van der Waals surface area (Å²) < 4.78 is 38.5. The van der Waals surface area contributed by atoms with Crippen LogP contribution in [0.2, 0.25) is 0 Å². The van der Waals surface area contributed by atoms with Gasteiger partial charge in [0.05, 0.1) is 25.2 Å². The lowest BCUT2D eigenvalue weighted by Gasteiger charge is -2.28. The molecule has 2 amide bonds. The molecule has 29 heavy (non-hydrogen) atoms. The second kappa shape index (κ2) is 7.53. The Morgan fingerprint density at radius 1 is 1.17 bits per heavy atom. The molecule has 4 rings (SSSR count). The summed E-state index contributed by atoms with van der Waals surface area (Å²) in [6, 6.07) is 8.40. The molecule has 2 heterocycles. The third-order valence-electron chi connectivity index (χ3n) is 5.27. The normalized spacial score (nSPS) is 17.5. The fourth-order valence-electron chi connectivity index (χ4n) is 3.73. The maximum absolute atomic E-state index is 13.8. The zero-order chi connectivity index (χ0) is 20.6. The van der Waals surface area contributed by atoms with E-state index in [0.717, 1.165) is 28.9 Å². The van der Waals surface area contributed by atoms with E-state index in [1.807, 2.05) is 18.2 Å². The highest BCUT2D eigenvalue weighted by atomic mass is 19.1. The first kappa shape index (κ1) is 19.5. The number of carbonyl (C=O) groups excluding carboxylic acids is 2. The summed E-state index contributed by atoms with van der Waals surface area (Å²) in [6.07, 6.45) is 0.612. The molecule has 0 spiro atoms. The number of nitrogens with zero attached hydrogens (tertiary/aromatic N) is 1. The number of hydrogen-bond donors (Lipinski definition) is 1. The summed E-state index contributed by atoms with van der Waals surface area (Å²) >= 11 is 0. The highest BCUT2D eigenvalue weighted by Gasteiger charge is 2.39. The number of fused-ring (bicyclic) bond motifs is 1. The zero-order valence-electron chi connectivity index (χ0n) is 15.8. The summed E-state index contributed by atoms with van der Waals surface area (Å²) in [7, 11) is 1.73. The second-order valence-corrected chi connectivity index (χ2v) is 7.05. The van der Waals surface area contributed by atoms with Crippen LogP contribution < -0.4 is 10.2 Å². The standard InChI is InChI=1S/C21H20F2N2O4/c1-25-18-5-2-14(10-13(18)11-19(25)26)21(28-8-9-29-21)6-7-24-20(27)16-4-3-15(22)12-17(16)23/h2-5,10,12H,6-9,11H2,1H3,(H,24,27). The molecule has 0 aliphatic carbocycles. The van der Waals surface area contributed by atoms with Gasteiger partial charge in [0.25, 0.3) is 5.91 Å². The first-order valence-electron chi connectivity index (χ1n) is 9.31. The van der Waals surface area contributed by atoms with Crippen molar-refractivity contribution in [1.82, 2.24) is 5.32 Å². The van der Waals surface area contributed by atoms with E-state index in [4.69, 9.17) is 9.47 Å². The van der Waals surface area contributed by atoms with Crippen LogP contribution in [0.25, 0.3) is 0 Å². The summed E-state index contributed by atoms with van der Waals surface area (Å²) in [6.45, 7) is 0.957. The van der Waals surface area contributed by atoms with E-state index in [1.165, 1.54) is 0 Å². The smallest absolute Gasteiger partial charge is 0.254 e. The average molecular weight is 402 g/mol. The Labute approximate surface area is 166 Å². The minimum atomic E-state index is -1.05. The molecule has 2 aromatic carbocycles. The number of likely N-dealkylation sites (N-methyl/N-ethyl adjacent to an activating group) is 1. The summed E-state index contributed by atoms with van der Waals surface area (Å²) in [5.74, 6) is -3.33. The van der Waals surface area contributed by atoms with Crippen LogP contribution >= 0.6 is 0 Å². The monoisotopic (exact) mass is 402 g/mol. The Balaban J connectivity index is 1.48. The number of rotatable bonds is 5. The van der Waals surface area contributed by atoms with Crippen molar-refractivity contribution in [2.24, 2.45) is 0 Å². The van der Waals surface area contributed by atoms with Crippen LogP contribution in [0.15, 0.2) is 36.4 Å². The molecule has 6 nitrogen and oxygen atoms in total. The molecule has 2 aliphatic rings. The quantitative estimate of drug-likeness (QED) is 0.835. The van der Waals surface area contributed by atoms with Crippen molar-refractivity contribution in [1.29, 1.82) is 0 Å². The van der Waals surface area contributed by atoms with Gasteiger partial charge in [-0.1, -0.05) is 6.07 Å². The topological polar surface area (TPSA) is 67.9 Å². The molecule has 152 valence electrons. The summed E-state index contributed by atoms with van der Waals surface area (Å²) in [5, 5.41) is 2.62. The van der Waals surface area contributed by atoms with E-state index in [2.05, 4.69) is 5.32 Å². The van der Waals surface area contributed by atoms with Crippen LogP contribution in [-0.4, -0.2) is 38.6 Å². The molecule has 0 saturated carbocycles. The highest BCUT2D eigenvalue weighted by Crippen LogP contribution is 2.38. The minimum Gasteiger partial charge on any atom is -0.352 e. The fourth-order valence-corrected chi connectivity index (χ4v) is 3.73. The van der Waals surface area contributed by atoms with Crippen molar-refractivity contribution in [2.75, 3.05) is 31.7 Å². The van der Waals surface area contributed by atoms with Gasteiger partial charge in [0.15, 0.2) is 5.79 Å². The SMILES string of the molecule is CN1C(=O)Cc2cc(C3(CCNC(=O)c4ccc(F)cc4F)OCCO3)ccc21. The second-order valence-electron chi connectivity index (χ2n) is 7.05. The van der Waals surface area contributed by atoms with Crippen LogP contribution in [0.5, 0.6) is 0 Å². The number of hydrogen-bond acceptors (Lipinski definition) is 4. The molecule has 0 unspecified atom stereocenters. The van der Waals surface area contributed by atoms with E-state index in [0.29, 0.717) is 32.1 Å². The number of anilines is 1. The number of benzene rings is 2. The molecule has 0 radical (unpaired) electrons. The first-order valence-corrected chi connectivity index (χ1v) is 9.31. The Bertz CT molecular complexity index is 973. The average Bonchev–Trinajstić information content (AvgIpc) is 3.27. The van der Waals surface area contributed by atoms with Crippen LogP contribution in [0.3, 0.4) is 0 Å². The Kier molecular flexibility index (Phi) is 5.06. The van der Waals surface area contributed by atoms with Gasteiger partial charge in [-0.15, -0.1) is 0 Å². The van der Waals surface area contributed by atoms with Gasteiger partial charge in [-0.05, 0) is 29.8 Å². The number of ether oxygens (including phenoxy) is 2. The summed E-state index contributed by atoms with van der Waals surface area (Å²) in [4.78, 5) is 25.8. The molecule has 8 heteroatoms. The molecule has 0 atom stereocenters. The molecular formula is C21H20F2N2O4. The van der Waals surface area contributed by atoms with Crippen molar-refractivity contribution >= 4 is 17.5 Å². The Morgan fingerprint density at radius 3 is 2.66 bits per heavy atom. The molecule has 2 aliphatic heterocycles. The first-order chi connectivity index (χ1) is 13.9. The van der Waals surface area contributed by atoms with Gasteiger partial charge in [0.1, 0.15) is 11.6 Å². The predicted molar refractivity (Wildman–Crippen MR) is 100 cm³/mol. The summed E-state index contributed by atoms with van der Waals surface area (Å²) in [5.41, 5.74) is 2.28. The van der Waals surface area contributed by atoms with Crippen LogP contribution in [0.1, 0.15) is 27.9 Å². The third kappa shape index (κ3) is 3.61. The van der Waals surface area contributed by atoms with Gasteiger partial charge >= 0.3 is 0 Å². The van der Waals surface area contributed by atoms with Crippen molar-refractivity contribution in [3.05, 3.63) is 64.7 Å². The van der Waals surface area contributed by atoms with Gasteiger partial charge in [0, 0.05) is 37.3 Å². The maximum atomic E-state index is 13.8. The molecule has 0 bridgehead atoms. The lowest BCUT2D eigenvalue weighted by Crippen LogP contribution is -2.34. The van der Waals surface area contributed by atoms with E-state index in [9.17, 15) is 18.4 Å². The van der Waals surface area contributed by atoms with Gasteiger partial charge in [-0.3, -0.25) is 9.59 Å². The molecule has 1 saturated heterocycles. The van der Waals surface area contributed by atoms with Crippen molar-refractivity contribution < 1.29 is 27.8 Å². The predicted octanol–water partition coefficient (Wildman–Crippen LogP) is 2.50. The van der Waals surface area contributed by atoms with Crippen molar-refractivity contribution in [3.63, 3.8) is 0 Å². The van der Waals surface area contributed by atoms with E-state index >= 15 is 0 Å². The van der Waals surface area contributed by atoms with Crippen LogP contribution in [0, 0.1) is 11.6 Å². The highest BCUT2D eigenvalue weighted by molar-refractivity contribution is 6.01. The lowest BCUT2D eigenvalue weighted by atomic mass is 9.98. The fraction of sp³-hybridized carbons (Fsp3) is 0.333.